The van der Waals surface area contributed by atoms with Gasteiger partial charge in [-0.1, -0.05) is 78.4 Å². The number of fused-ring (bicyclic) bond motifs is 1. The quantitative estimate of drug-likeness (QED) is 0.353. The van der Waals surface area contributed by atoms with Crippen molar-refractivity contribution in [2.45, 2.75) is 38.3 Å². The molecule has 2 heterocycles. The largest absolute Gasteiger partial charge is 0.383 e. The van der Waals surface area contributed by atoms with Crippen molar-refractivity contribution in [3.63, 3.8) is 0 Å². The molecule has 5 rings (SSSR count). The zero-order valence-corrected chi connectivity index (χ0v) is 19.7. The summed E-state index contributed by atoms with van der Waals surface area (Å²) in [7, 11) is 0. The summed E-state index contributed by atoms with van der Waals surface area (Å²) in [6.07, 6.45) is 3.80. The molecule has 1 aliphatic rings. The number of piperidine rings is 1. The average molecular weight is 453 g/mol. The van der Waals surface area contributed by atoms with Crippen LogP contribution in [-0.2, 0) is 6.42 Å². The fourth-order valence-electron chi connectivity index (χ4n) is 5.32. The number of ketones is 1. The van der Waals surface area contributed by atoms with Gasteiger partial charge in [0, 0.05) is 22.7 Å². The van der Waals surface area contributed by atoms with Gasteiger partial charge in [0.25, 0.3) is 0 Å². The summed E-state index contributed by atoms with van der Waals surface area (Å²) in [5.74, 6) is 0.396. The number of aliphatic hydroxyl groups excluding tert-OH is 1. The number of nitrogens with zero attached hydrogens (tertiary/aromatic N) is 1. The van der Waals surface area contributed by atoms with Gasteiger partial charge in [-0.05, 0) is 62.4 Å². The number of likely N-dealkylation sites (tertiary alicyclic amines) is 1. The molecule has 34 heavy (non-hydrogen) atoms. The topological polar surface area (TPSA) is 56.3 Å². The number of aromatic nitrogens is 1. The molecule has 0 bridgehead atoms. The number of H-pyrrole nitrogens is 1. The minimum atomic E-state index is -1.13. The van der Waals surface area contributed by atoms with Crippen molar-refractivity contribution in [2.75, 3.05) is 13.1 Å². The molecule has 0 saturated carbocycles. The van der Waals surface area contributed by atoms with Crippen molar-refractivity contribution >= 4 is 16.7 Å². The van der Waals surface area contributed by atoms with E-state index in [0.717, 1.165) is 48.8 Å². The predicted molar refractivity (Wildman–Crippen MR) is 137 cm³/mol. The third-order valence-electron chi connectivity index (χ3n) is 7.25. The molecular weight excluding hydrogens is 420 g/mol. The highest BCUT2D eigenvalue weighted by Crippen LogP contribution is 2.33. The van der Waals surface area contributed by atoms with E-state index in [4.69, 9.17) is 0 Å². The van der Waals surface area contributed by atoms with Gasteiger partial charge in [-0.25, -0.2) is 0 Å². The van der Waals surface area contributed by atoms with Crippen LogP contribution in [0.15, 0.2) is 85.1 Å². The lowest BCUT2D eigenvalue weighted by Crippen LogP contribution is -2.44. The van der Waals surface area contributed by atoms with Gasteiger partial charge in [-0.2, -0.15) is 0 Å². The molecule has 4 nitrogen and oxygen atoms in total. The van der Waals surface area contributed by atoms with E-state index in [1.54, 1.807) is 6.20 Å². The average Bonchev–Trinajstić information content (AvgIpc) is 3.31. The van der Waals surface area contributed by atoms with E-state index in [9.17, 15) is 9.90 Å². The second kappa shape index (κ2) is 9.96. The summed E-state index contributed by atoms with van der Waals surface area (Å²) < 4.78 is 0. The van der Waals surface area contributed by atoms with Crippen LogP contribution in [0, 0.1) is 12.8 Å². The van der Waals surface area contributed by atoms with Crippen LogP contribution in [-0.4, -0.2) is 40.0 Å². The van der Waals surface area contributed by atoms with E-state index in [1.807, 2.05) is 24.3 Å². The van der Waals surface area contributed by atoms with Crippen molar-refractivity contribution in [2.24, 2.45) is 5.92 Å². The minimum Gasteiger partial charge on any atom is -0.383 e. The number of Topliss-reactive ketones (excluding diaryl/α,β-unsaturated/α-hetero) is 1. The van der Waals surface area contributed by atoms with Gasteiger partial charge in [0.15, 0.2) is 5.78 Å². The molecule has 0 amide bonds. The number of aromatic amines is 1. The van der Waals surface area contributed by atoms with Gasteiger partial charge < -0.3 is 10.1 Å². The number of rotatable bonds is 7. The molecule has 2 atom stereocenters. The Bertz CT molecular complexity index is 1240. The Hall–Kier alpha value is -3.21. The number of carbonyl (C=O) groups excluding carboxylic acids is 1. The van der Waals surface area contributed by atoms with Crippen LogP contribution in [0.3, 0.4) is 0 Å². The molecule has 0 aliphatic carbocycles. The van der Waals surface area contributed by atoms with Gasteiger partial charge in [-0.3, -0.25) is 9.69 Å². The Kier molecular flexibility index (Phi) is 6.61. The molecule has 0 unspecified atom stereocenters. The molecule has 174 valence electrons. The summed E-state index contributed by atoms with van der Waals surface area (Å²) in [5, 5.41) is 12.3. The van der Waals surface area contributed by atoms with Crippen LogP contribution in [0.4, 0.5) is 0 Å². The first-order chi connectivity index (χ1) is 16.6. The molecule has 4 heteroatoms. The monoisotopic (exact) mass is 452 g/mol. The molecule has 4 aromatic rings. The lowest BCUT2D eigenvalue weighted by atomic mass is 9.87. The number of aryl methyl sites for hydroxylation is 1. The van der Waals surface area contributed by atoms with E-state index in [0.29, 0.717) is 11.5 Å². The highest BCUT2D eigenvalue weighted by Gasteiger charge is 2.36. The second-order valence-electron chi connectivity index (χ2n) is 9.58. The summed E-state index contributed by atoms with van der Waals surface area (Å²) >= 11 is 0. The molecule has 0 radical (unpaired) electrons. The summed E-state index contributed by atoms with van der Waals surface area (Å²) in [5.41, 5.74) is 5.01. The smallest absolute Gasteiger partial charge is 0.195 e. The Morgan fingerprint density at radius 1 is 0.971 bits per heavy atom. The van der Waals surface area contributed by atoms with Crippen molar-refractivity contribution in [3.8, 4) is 0 Å². The SMILES string of the molecule is Cc1ccc([C@H]([C@H](O)C(=O)c2c[nH]c3ccccc23)N2CCC(Cc3ccccc3)CC2)cc1. The molecule has 3 aromatic carbocycles. The van der Waals surface area contributed by atoms with Gasteiger partial charge in [0.1, 0.15) is 6.10 Å². The maximum absolute atomic E-state index is 13.6. The van der Waals surface area contributed by atoms with Gasteiger partial charge >= 0.3 is 0 Å². The number of hydrogen-bond acceptors (Lipinski definition) is 3. The Balaban J connectivity index is 1.37. The van der Waals surface area contributed by atoms with Crippen molar-refractivity contribution in [1.82, 2.24) is 9.88 Å². The van der Waals surface area contributed by atoms with E-state index in [1.165, 1.54) is 11.1 Å². The fraction of sp³-hybridized carbons (Fsp3) is 0.300. The number of benzene rings is 3. The zero-order valence-electron chi connectivity index (χ0n) is 19.7. The van der Waals surface area contributed by atoms with Crippen LogP contribution in [0.5, 0.6) is 0 Å². The number of carbonyl (C=O) groups is 1. The minimum absolute atomic E-state index is 0.227. The van der Waals surface area contributed by atoms with Crippen LogP contribution in [0.1, 0.15) is 45.9 Å². The highest BCUT2D eigenvalue weighted by atomic mass is 16.3. The first-order valence-electron chi connectivity index (χ1n) is 12.2. The lowest BCUT2D eigenvalue weighted by molar-refractivity contribution is 0.0265. The van der Waals surface area contributed by atoms with Crippen LogP contribution >= 0.6 is 0 Å². The number of para-hydroxylation sites is 1. The lowest BCUT2D eigenvalue weighted by Gasteiger charge is -2.39. The van der Waals surface area contributed by atoms with Crippen LogP contribution < -0.4 is 0 Å². The zero-order chi connectivity index (χ0) is 23.5. The summed E-state index contributed by atoms with van der Waals surface area (Å²) in [4.78, 5) is 19.0. The van der Waals surface area contributed by atoms with Crippen LogP contribution in [0.2, 0.25) is 0 Å². The number of nitrogens with one attached hydrogen (secondary N) is 1. The summed E-state index contributed by atoms with van der Waals surface area (Å²) in [6.45, 7) is 3.80. The number of aliphatic hydroxyl groups is 1. The molecule has 1 saturated heterocycles. The number of hydrogen-bond donors (Lipinski definition) is 2. The normalized spacial score (nSPS) is 17.0. The Labute approximate surface area is 201 Å². The fourth-order valence-corrected chi connectivity index (χ4v) is 5.32. The van der Waals surface area contributed by atoms with Crippen molar-refractivity contribution in [1.29, 1.82) is 0 Å². The maximum atomic E-state index is 13.6. The Morgan fingerprint density at radius 3 is 2.38 bits per heavy atom. The van der Waals surface area contributed by atoms with Gasteiger partial charge in [0.2, 0.25) is 0 Å². The highest BCUT2D eigenvalue weighted by molar-refractivity contribution is 6.10. The van der Waals surface area contributed by atoms with Crippen molar-refractivity contribution < 1.29 is 9.90 Å². The van der Waals surface area contributed by atoms with E-state index in [-0.39, 0.29) is 11.8 Å². The van der Waals surface area contributed by atoms with E-state index < -0.39 is 6.10 Å². The second-order valence-corrected chi connectivity index (χ2v) is 9.58. The first-order valence-corrected chi connectivity index (χ1v) is 12.2. The molecule has 2 N–H and O–H groups in total. The van der Waals surface area contributed by atoms with Gasteiger partial charge in [0.05, 0.1) is 6.04 Å². The van der Waals surface area contributed by atoms with E-state index in [2.05, 4.69) is 71.4 Å². The maximum Gasteiger partial charge on any atom is 0.195 e. The van der Waals surface area contributed by atoms with E-state index >= 15 is 0 Å². The molecule has 1 aromatic heterocycles. The molecule has 0 spiro atoms. The first kappa shape index (κ1) is 22.6. The molecule has 1 aliphatic heterocycles. The third kappa shape index (κ3) is 4.70. The standard InChI is InChI=1S/C30H32N2O2/c1-21-11-13-24(14-12-21)28(30(34)29(33)26-20-31-27-10-6-5-9-25(26)27)32-17-15-23(16-18-32)19-22-7-3-2-4-8-22/h2-14,20,23,28,30-31,34H,15-19H2,1H3/t28-,30+/m1/s1. The molecular formula is C30H32N2O2. The molecule has 1 fully saturated rings. The van der Waals surface area contributed by atoms with Crippen LogP contribution in [0.25, 0.3) is 10.9 Å². The van der Waals surface area contributed by atoms with Gasteiger partial charge in [-0.15, -0.1) is 0 Å². The van der Waals surface area contributed by atoms with Crippen molar-refractivity contribution in [3.05, 3.63) is 107 Å². The third-order valence-corrected chi connectivity index (χ3v) is 7.25. The summed E-state index contributed by atoms with van der Waals surface area (Å²) in [6, 6.07) is 26.3. The Morgan fingerprint density at radius 2 is 1.65 bits per heavy atom. The predicted octanol–water partition coefficient (Wildman–Crippen LogP) is 5.72.